The fraction of sp³-hybridized carbons (Fsp3) is 0.278. The Morgan fingerprint density at radius 1 is 1.13 bits per heavy atom. The normalized spacial score (nSPS) is 21.3. The number of amides is 1. The highest BCUT2D eigenvalue weighted by Crippen LogP contribution is 2.21. The maximum Gasteiger partial charge on any atom is 0.248 e. The summed E-state index contributed by atoms with van der Waals surface area (Å²) in [6.07, 6.45) is -0.812. The van der Waals surface area contributed by atoms with E-state index in [4.69, 9.17) is 10.5 Å². The molecule has 3 N–H and O–H groups in total. The van der Waals surface area contributed by atoms with Crippen molar-refractivity contribution >= 4 is 5.91 Å². The van der Waals surface area contributed by atoms with Crippen LogP contribution in [0.2, 0.25) is 0 Å². The predicted molar refractivity (Wildman–Crippen MR) is 87.1 cm³/mol. The molecular formula is C18H20N2O3. The minimum absolute atomic E-state index is 0.279. The summed E-state index contributed by atoms with van der Waals surface area (Å²) < 4.78 is 5.85. The molecular weight excluding hydrogens is 292 g/mol. The van der Waals surface area contributed by atoms with Gasteiger partial charge in [0.1, 0.15) is 18.0 Å². The summed E-state index contributed by atoms with van der Waals surface area (Å²) in [5.74, 6) is 0.159. The van der Waals surface area contributed by atoms with Crippen LogP contribution in [0, 0.1) is 0 Å². The number of aliphatic hydroxyl groups is 1. The van der Waals surface area contributed by atoms with Gasteiger partial charge in [-0.3, -0.25) is 9.69 Å². The maximum atomic E-state index is 11.1. The lowest BCUT2D eigenvalue weighted by atomic mass is 10.2. The minimum atomic E-state index is -0.533. The summed E-state index contributed by atoms with van der Waals surface area (Å²) in [5, 5.41) is 10.2. The lowest BCUT2D eigenvalue weighted by Crippen LogP contribution is -2.29. The number of nitrogens with zero attached hydrogens (tertiary/aromatic N) is 1. The van der Waals surface area contributed by atoms with Gasteiger partial charge in [-0.1, -0.05) is 30.3 Å². The summed E-state index contributed by atoms with van der Waals surface area (Å²) in [4.78, 5) is 13.2. The molecule has 0 spiro atoms. The minimum Gasteiger partial charge on any atom is -0.486 e. The van der Waals surface area contributed by atoms with Crippen LogP contribution >= 0.6 is 0 Å². The van der Waals surface area contributed by atoms with Gasteiger partial charge in [0.05, 0.1) is 0 Å². The Morgan fingerprint density at radius 2 is 1.83 bits per heavy atom. The van der Waals surface area contributed by atoms with Crippen LogP contribution < -0.4 is 10.5 Å². The molecule has 23 heavy (non-hydrogen) atoms. The lowest BCUT2D eigenvalue weighted by Gasteiger charge is -2.17. The van der Waals surface area contributed by atoms with E-state index < -0.39 is 12.0 Å². The van der Waals surface area contributed by atoms with Crippen LogP contribution in [-0.2, 0) is 6.54 Å². The lowest BCUT2D eigenvalue weighted by molar-refractivity contribution is 0.0736. The van der Waals surface area contributed by atoms with Crippen molar-refractivity contribution in [1.82, 2.24) is 4.90 Å². The molecule has 0 aromatic heterocycles. The SMILES string of the molecule is NC(=O)c1ccc(O[C@@H]2CN(Cc3ccccc3)C[C@H]2O)cc1. The molecule has 5 heteroatoms. The first-order valence-electron chi connectivity index (χ1n) is 7.62. The zero-order valence-corrected chi connectivity index (χ0v) is 12.8. The second-order valence-corrected chi connectivity index (χ2v) is 5.79. The number of aliphatic hydroxyl groups excluding tert-OH is 1. The van der Waals surface area contributed by atoms with Crippen LogP contribution in [0.4, 0.5) is 0 Å². The molecule has 1 saturated heterocycles. The van der Waals surface area contributed by atoms with Crippen LogP contribution in [0.1, 0.15) is 15.9 Å². The average molecular weight is 312 g/mol. The highest BCUT2D eigenvalue weighted by Gasteiger charge is 2.32. The van der Waals surface area contributed by atoms with E-state index in [1.165, 1.54) is 5.56 Å². The molecule has 2 atom stereocenters. The summed E-state index contributed by atoms with van der Waals surface area (Å²) in [7, 11) is 0. The highest BCUT2D eigenvalue weighted by atomic mass is 16.5. The van der Waals surface area contributed by atoms with Gasteiger partial charge in [0.15, 0.2) is 0 Å². The number of nitrogens with two attached hydrogens (primary N) is 1. The van der Waals surface area contributed by atoms with Crippen molar-refractivity contribution < 1.29 is 14.6 Å². The molecule has 2 aromatic carbocycles. The van der Waals surface area contributed by atoms with E-state index in [0.717, 1.165) is 6.54 Å². The summed E-state index contributed by atoms with van der Waals surface area (Å²) in [6.45, 7) is 2.03. The van der Waals surface area contributed by atoms with Crippen molar-refractivity contribution in [2.24, 2.45) is 5.73 Å². The first-order chi connectivity index (χ1) is 11.1. The monoisotopic (exact) mass is 312 g/mol. The Bertz CT molecular complexity index is 658. The van der Waals surface area contributed by atoms with Gasteiger partial charge >= 0.3 is 0 Å². The standard InChI is InChI=1S/C18H20N2O3/c19-18(22)14-6-8-15(9-7-14)23-17-12-20(11-16(17)21)10-13-4-2-1-3-5-13/h1-9,16-17,21H,10-12H2,(H2,19,22)/t16-,17-/m1/s1. The number of hydrogen-bond donors (Lipinski definition) is 2. The molecule has 3 rings (SSSR count). The Kier molecular flexibility index (Phi) is 4.60. The van der Waals surface area contributed by atoms with Gasteiger partial charge in [-0.2, -0.15) is 0 Å². The van der Waals surface area contributed by atoms with Crippen molar-refractivity contribution in [3.63, 3.8) is 0 Å². The van der Waals surface area contributed by atoms with Gasteiger partial charge in [-0.05, 0) is 29.8 Å². The molecule has 0 aliphatic carbocycles. The summed E-state index contributed by atoms with van der Waals surface area (Å²) in [6, 6.07) is 16.8. The molecule has 1 heterocycles. The number of carbonyl (C=O) groups excluding carboxylic acids is 1. The number of benzene rings is 2. The molecule has 2 aromatic rings. The zero-order valence-electron chi connectivity index (χ0n) is 12.8. The molecule has 0 unspecified atom stereocenters. The van der Waals surface area contributed by atoms with E-state index in [9.17, 15) is 9.90 Å². The van der Waals surface area contributed by atoms with E-state index in [2.05, 4.69) is 17.0 Å². The number of hydrogen-bond acceptors (Lipinski definition) is 4. The summed E-state index contributed by atoms with van der Waals surface area (Å²) in [5.41, 5.74) is 6.87. The largest absolute Gasteiger partial charge is 0.486 e. The van der Waals surface area contributed by atoms with E-state index in [1.54, 1.807) is 24.3 Å². The van der Waals surface area contributed by atoms with Crippen LogP contribution in [0.5, 0.6) is 5.75 Å². The molecule has 1 amide bonds. The third-order valence-electron chi connectivity index (χ3n) is 3.99. The highest BCUT2D eigenvalue weighted by molar-refractivity contribution is 5.92. The van der Waals surface area contributed by atoms with Gasteiger partial charge in [-0.15, -0.1) is 0 Å². The average Bonchev–Trinajstić information content (AvgIpc) is 2.88. The molecule has 0 saturated carbocycles. The Morgan fingerprint density at radius 3 is 2.48 bits per heavy atom. The quantitative estimate of drug-likeness (QED) is 0.875. The van der Waals surface area contributed by atoms with E-state index >= 15 is 0 Å². The first-order valence-corrected chi connectivity index (χ1v) is 7.62. The van der Waals surface area contributed by atoms with E-state index in [1.807, 2.05) is 18.2 Å². The fourth-order valence-electron chi connectivity index (χ4n) is 2.79. The summed E-state index contributed by atoms with van der Waals surface area (Å²) >= 11 is 0. The smallest absolute Gasteiger partial charge is 0.248 e. The van der Waals surface area contributed by atoms with Crippen molar-refractivity contribution in [1.29, 1.82) is 0 Å². The molecule has 0 radical (unpaired) electrons. The second-order valence-electron chi connectivity index (χ2n) is 5.79. The number of primary amides is 1. The van der Waals surface area contributed by atoms with Crippen molar-refractivity contribution in [3.05, 3.63) is 65.7 Å². The van der Waals surface area contributed by atoms with Crippen LogP contribution in [0.25, 0.3) is 0 Å². The van der Waals surface area contributed by atoms with Gasteiger partial charge in [0.2, 0.25) is 5.91 Å². The Balaban J connectivity index is 1.59. The number of β-amino-alcohol motifs (C(OH)–C–C–N with tert-alkyl or cyclic N) is 1. The number of carbonyl (C=O) groups is 1. The second kappa shape index (κ2) is 6.81. The van der Waals surface area contributed by atoms with Crippen LogP contribution in [0.15, 0.2) is 54.6 Å². The topological polar surface area (TPSA) is 75.8 Å². The molecule has 5 nitrogen and oxygen atoms in total. The Hall–Kier alpha value is -2.37. The zero-order chi connectivity index (χ0) is 16.2. The third kappa shape index (κ3) is 3.88. The molecule has 1 aliphatic rings. The third-order valence-corrected chi connectivity index (χ3v) is 3.99. The first kappa shape index (κ1) is 15.5. The van der Waals surface area contributed by atoms with Gasteiger partial charge < -0.3 is 15.6 Å². The predicted octanol–water partition coefficient (Wildman–Crippen LogP) is 1.41. The van der Waals surface area contributed by atoms with E-state index in [0.29, 0.717) is 24.4 Å². The van der Waals surface area contributed by atoms with Crippen LogP contribution in [0.3, 0.4) is 0 Å². The fourth-order valence-corrected chi connectivity index (χ4v) is 2.79. The van der Waals surface area contributed by atoms with Gasteiger partial charge in [0.25, 0.3) is 0 Å². The van der Waals surface area contributed by atoms with Crippen molar-refractivity contribution in [2.75, 3.05) is 13.1 Å². The molecule has 120 valence electrons. The van der Waals surface area contributed by atoms with Gasteiger partial charge in [-0.25, -0.2) is 0 Å². The van der Waals surface area contributed by atoms with E-state index in [-0.39, 0.29) is 6.10 Å². The molecule has 0 bridgehead atoms. The number of ether oxygens (including phenoxy) is 1. The van der Waals surface area contributed by atoms with Gasteiger partial charge in [0, 0.05) is 25.2 Å². The Labute approximate surface area is 135 Å². The van der Waals surface area contributed by atoms with Crippen molar-refractivity contribution in [2.45, 2.75) is 18.8 Å². The maximum absolute atomic E-state index is 11.1. The molecule has 1 fully saturated rings. The molecule has 1 aliphatic heterocycles. The number of likely N-dealkylation sites (tertiary alicyclic amines) is 1. The number of rotatable bonds is 5. The van der Waals surface area contributed by atoms with Crippen molar-refractivity contribution in [3.8, 4) is 5.75 Å². The van der Waals surface area contributed by atoms with Crippen LogP contribution in [-0.4, -0.2) is 41.2 Å².